The molecule has 0 aliphatic carbocycles. The van der Waals surface area contributed by atoms with Crippen LogP contribution in [0.15, 0.2) is 36.4 Å². The first-order valence-electron chi connectivity index (χ1n) is 5.56. The second-order valence-electron chi connectivity index (χ2n) is 4.26. The standard InChI is InChI=1S/C14H8F6/c15-11-2-1-9(13(17)7-11)3-8-4-10(14(18,19)20)6-12(16)5-8/h1-2,4-7H,3H2. The number of hydrogen-bond donors (Lipinski definition) is 0. The van der Waals surface area contributed by atoms with Gasteiger partial charge in [0.25, 0.3) is 0 Å². The van der Waals surface area contributed by atoms with Gasteiger partial charge in [0.1, 0.15) is 17.5 Å². The summed E-state index contributed by atoms with van der Waals surface area (Å²) in [5.41, 5.74) is -1.19. The Morgan fingerprint density at radius 2 is 1.50 bits per heavy atom. The fraction of sp³-hybridized carbons (Fsp3) is 0.143. The average molecular weight is 290 g/mol. The summed E-state index contributed by atoms with van der Waals surface area (Å²) in [5, 5.41) is 0. The fourth-order valence-electron chi connectivity index (χ4n) is 1.80. The van der Waals surface area contributed by atoms with Crippen LogP contribution in [-0.4, -0.2) is 0 Å². The molecule has 20 heavy (non-hydrogen) atoms. The van der Waals surface area contributed by atoms with Gasteiger partial charge in [-0.1, -0.05) is 6.07 Å². The predicted molar refractivity (Wildman–Crippen MR) is 60.6 cm³/mol. The molecule has 0 nitrogen and oxygen atoms in total. The van der Waals surface area contributed by atoms with Crippen LogP contribution in [0, 0.1) is 17.5 Å². The van der Waals surface area contributed by atoms with Gasteiger partial charge in [0, 0.05) is 12.5 Å². The Morgan fingerprint density at radius 1 is 0.800 bits per heavy atom. The Hall–Kier alpha value is -1.98. The topological polar surface area (TPSA) is 0 Å². The minimum atomic E-state index is -4.68. The van der Waals surface area contributed by atoms with Crippen LogP contribution in [0.25, 0.3) is 0 Å². The third kappa shape index (κ3) is 3.31. The van der Waals surface area contributed by atoms with Crippen molar-refractivity contribution in [2.45, 2.75) is 12.6 Å². The molecule has 0 spiro atoms. The van der Waals surface area contributed by atoms with Gasteiger partial charge in [0.15, 0.2) is 0 Å². The SMILES string of the molecule is Fc1cc(Cc2ccc(F)cc2F)cc(C(F)(F)F)c1. The zero-order valence-corrected chi connectivity index (χ0v) is 9.94. The maximum atomic E-state index is 13.4. The fourth-order valence-corrected chi connectivity index (χ4v) is 1.80. The van der Waals surface area contributed by atoms with Crippen molar-refractivity contribution in [3.8, 4) is 0 Å². The first-order chi connectivity index (χ1) is 9.25. The van der Waals surface area contributed by atoms with E-state index in [0.717, 1.165) is 24.3 Å². The molecule has 0 unspecified atom stereocenters. The summed E-state index contributed by atoms with van der Waals surface area (Å²) in [7, 11) is 0. The molecule has 2 aromatic carbocycles. The van der Waals surface area contributed by atoms with E-state index in [0.29, 0.717) is 12.1 Å². The summed E-state index contributed by atoms with van der Waals surface area (Å²) in [6, 6.07) is 4.72. The van der Waals surface area contributed by atoms with Gasteiger partial charge < -0.3 is 0 Å². The molecule has 6 heteroatoms. The summed E-state index contributed by atoms with van der Waals surface area (Å²) in [4.78, 5) is 0. The van der Waals surface area contributed by atoms with E-state index in [4.69, 9.17) is 0 Å². The molecule has 0 saturated carbocycles. The van der Waals surface area contributed by atoms with E-state index in [1.807, 2.05) is 0 Å². The minimum absolute atomic E-state index is 0.00914. The van der Waals surface area contributed by atoms with E-state index < -0.39 is 29.2 Å². The summed E-state index contributed by atoms with van der Waals surface area (Å²) < 4.78 is 76.9. The number of benzene rings is 2. The lowest BCUT2D eigenvalue weighted by Gasteiger charge is -2.10. The summed E-state index contributed by atoms with van der Waals surface area (Å²) in [6.07, 6.45) is -4.94. The van der Waals surface area contributed by atoms with E-state index in [1.54, 1.807) is 0 Å². The van der Waals surface area contributed by atoms with Crippen LogP contribution in [0.1, 0.15) is 16.7 Å². The molecule has 2 aromatic rings. The molecule has 2 rings (SSSR count). The van der Waals surface area contributed by atoms with Crippen LogP contribution in [0.3, 0.4) is 0 Å². The maximum Gasteiger partial charge on any atom is 0.416 e. The van der Waals surface area contributed by atoms with Crippen LogP contribution >= 0.6 is 0 Å². The minimum Gasteiger partial charge on any atom is -0.207 e. The van der Waals surface area contributed by atoms with Crippen molar-refractivity contribution in [3.63, 3.8) is 0 Å². The molecule has 0 aliphatic heterocycles. The molecule has 0 radical (unpaired) electrons. The van der Waals surface area contributed by atoms with Crippen LogP contribution < -0.4 is 0 Å². The zero-order valence-electron chi connectivity index (χ0n) is 9.94. The highest BCUT2D eigenvalue weighted by Gasteiger charge is 2.31. The van der Waals surface area contributed by atoms with Crippen LogP contribution in [-0.2, 0) is 12.6 Å². The third-order valence-corrected chi connectivity index (χ3v) is 2.69. The van der Waals surface area contributed by atoms with E-state index >= 15 is 0 Å². The lowest BCUT2D eigenvalue weighted by molar-refractivity contribution is -0.137. The molecule has 106 valence electrons. The van der Waals surface area contributed by atoms with Gasteiger partial charge >= 0.3 is 6.18 Å². The molecule has 0 aromatic heterocycles. The normalized spacial score (nSPS) is 11.7. The van der Waals surface area contributed by atoms with Crippen LogP contribution in [0.2, 0.25) is 0 Å². The molecular weight excluding hydrogens is 282 g/mol. The molecule has 0 amide bonds. The van der Waals surface area contributed by atoms with Crippen LogP contribution in [0.4, 0.5) is 26.3 Å². The van der Waals surface area contributed by atoms with Gasteiger partial charge in [-0.2, -0.15) is 13.2 Å². The second kappa shape index (κ2) is 5.19. The van der Waals surface area contributed by atoms with Gasteiger partial charge in [0.05, 0.1) is 5.56 Å². The quantitative estimate of drug-likeness (QED) is 0.702. The Labute approximate surface area is 110 Å². The van der Waals surface area contributed by atoms with Crippen molar-refractivity contribution in [3.05, 3.63) is 70.5 Å². The van der Waals surface area contributed by atoms with Gasteiger partial charge in [-0.15, -0.1) is 0 Å². The van der Waals surface area contributed by atoms with E-state index in [2.05, 4.69) is 0 Å². The Morgan fingerprint density at radius 3 is 2.10 bits per heavy atom. The molecule has 0 fully saturated rings. The monoisotopic (exact) mass is 290 g/mol. The van der Waals surface area contributed by atoms with Crippen molar-refractivity contribution in [2.75, 3.05) is 0 Å². The second-order valence-corrected chi connectivity index (χ2v) is 4.26. The maximum absolute atomic E-state index is 13.4. The largest absolute Gasteiger partial charge is 0.416 e. The lowest BCUT2D eigenvalue weighted by atomic mass is 10.0. The third-order valence-electron chi connectivity index (χ3n) is 2.69. The Balaban J connectivity index is 2.36. The molecular formula is C14H8F6. The van der Waals surface area contributed by atoms with Crippen molar-refractivity contribution < 1.29 is 26.3 Å². The van der Waals surface area contributed by atoms with Crippen molar-refractivity contribution in [1.29, 1.82) is 0 Å². The highest BCUT2D eigenvalue weighted by molar-refractivity contribution is 5.32. The molecule has 0 heterocycles. The van der Waals surface area contributed by atoms with Gasteiger partial charge in [0.2, 0.25) is 0 Å². The first kappa shape index (κ1) is 14.4. The number of alkyl halides is 3. The Bertz CT molecular complexity index is 630. The van der Waals surface area contributed by atoms with Gasteiger partial charge in [-0.3, -0.25) is 0 Å². The number of halogens is 6. The number of hydrogen-bond acceptors (Lipinski definition) is 0. The Kier molecular flexibility index (Phi) is 3.74. The van der Waals surface area contributed by atoms with Crippen molar-refractivity contribution in [2.24, 2.45) is 0 Å². The van der Waals surface area contributed by atoms with Crippen molar-refractivity contribution >= 4 is 0 Å². The predicted octanol–water partition coefficient (Wildman–Crippen LogP) is 4.71. The average Bonchev–Trinajstić information content (AvgIpc) is 2.31. The lowest BCUT2D eigenvalue weighted by Crippen LogP contribution is -2.07. The molecule has 0 saturated heterocycles. The molecule has 0 N–H and O–H groups in total. The van der Waals surface area contributed by atoms with Crippen LogP contribution in [0.5, 0.6) is 0 Å². The summed E-state index contributed by atoms with van der Waals surface area (Å²) >= 11 is 0. The highest BCUT2D eigenvalue weighted by atomic mass is 19.4. The van der Waals surface area contributed by atoms with E-state index in [1.165, 1.54) is 0 Å². The highest BCUT2D eigenvalue weighted by Crippen LogP contribution is 2.31. The van der Waals surface area contributed by atoms with E-state index in [-0.39, 0.29) is 17.5 Å². The van der Waals surface area contributed by atoms with Crippen molar-refractivity contribution in [1.82, 2.24) is 0 Å². The molecule has 0 atom stereocenters. The van der Waals surface area contributed by atoms with Gasteiger partial charge in [-0.05, 0) is 35.4 Å². The summed E-state index contributed by atoms with van der Waals surface area (Å²) in [5.74, 6) is -2.73. The smallest absolute Gasteiger partial charge is 0.207 e. The van der Waals surface area contributed by atoms with Gasteiger partial charge in [-0.25, -0.2) is 13.2 Å². The molecule has 0 bridgehead atoms. The first-order valence-corrected chi connectivity index (χ1v) is 5.56. The summed E-state index contributed by atoms with van der Waals surface area (Å²) in [6.45, 7) is 0. The van der Waals surface area contributed by atoms with E-state index in [9.17, 15) is 26.3 Å². The zero-order chi connectivity index (χ0) is 14.9. The molecule has 0 aliphatic rings. The number of rotatable bonds is 2.